The maximum Gasteiger partial charge on any atom is 0.147 e. The van der Waals surface area contributed by atoms with Crippen LogP contribution in [0.2, 0.25) is 0 Å². The zero-order valence-electron chi connectivity index (χ0n) is 9.41. The Labute approximate surface area is 92.9 Å². The molecule has 1 fully saturated rings. The molecular weight excluding hydrogens is 210 g/mol. The summed E-state index contributed by atoms with van der Waals surface area (Å²) in [4.78, 5) is 0. The summed E-state index contributed by atoms with van der Waals surface area (Å²) in [5.41, 5.74) is 0. The van der Waals surface area contributed by atoms with Gasteiger partial charge in [0.05, 0.1) is 5.75 Å². The second kappa shape index (κ2) is 6.28. The number of nitrogens with one attached hydrogen (secondary N) is 1. The first-order chi connectivity index (χ1) is 7.08. The Balaban J connectivity index is 1.87. The van der Waals surface area contributed by atoms with Crippen LogP contribution in [0, 0.1) is 0 Å². The Morgan fingerprint density at radius 3 is 2.53 bits per heavy atom. The molecule has 15 heavy (non-hydrogen) atoms. The van der Waals surface area contributed by atoms with E-state index in [9.17, 15) is 8.42 Å². The summed E-state index contributed by atoms with van der Waals surface area (Å²) in [5, 5.41) is 3.42. The van der Waals surface area contributed by atoms with Gasteiger partial charge in [0.2, 0.25) is 0 Å². The summed E-state index contributed by atoms with van der Waals surface area (Å²) in [6.45, 7) is 1.05. The Bertz CT molecular complexity index is 292. The Kier molecular flexibility index (Phi) is 5.32. The molecule has 1 aliphatic carbocycles. The minimum Gasteiger partial charge on any atom is -0.314 e. The van der Waals surface area contributed by atoms with E-state index in [-0.39, 0.29) is 0 Å². The van der Waals surface area contributed by atoms with Crippen molar-refractivity contribution < 1.29 is 8.42 Å². The standard InChI is InChI=1S/C11H21NO2S/c1-15(13,14)10-6-4-2-3-5-9-12-11-7-8-11/h2-3,11-12H,4-10H2,1H3. The average Bonchev–Trinajstić information content (AvgIpc) is 2.91. The predicted molar refractivity (Wildman–Crippen MR) is 63.7 cm³/mol. The van der Waals surface area contributed by atoms with Crippen LogP contribution in [0.25, 0.3) is 0 Å². The monoisotopic (exact) mass is 231 g/mol. The third-order valence-electron chi connectivity index (χ3n) is 2.37. The fourth-order valence-corrected chi connectivity index (χ4v) is 2.05. The van der Waals surface area contributed by atoms with E-state index >= 15 is 0 Å². The molecule has 0 aliphatic heterocycles. The summed E-state index contributed by atoms with van der Waals surface area (Å²) in [5.74, 6) is 0.303. The van der Waals surface area contributed by atoms with E-state index in [1.165, 1.54) is 19.1 Å². The molecule has 0 aromatic heterocycles. The van der Waals surface area contributed by atoms with E-state index < -0.39 is 9.84 Å². The van der Waals surface area contributed by atoms with E-state index in [0.717, 1.165) is 31.8 Å². The van der Waals surface area contributed by atoms with E-state index in [0.29, 0.717) is 5.75 Å². The van der Waals surface area contributed by atoms with E-state index in [1.54, 1.807) is 0 Å². The number of unbranched alkanes of at least 4 members (excludes halogenated alkanes) is 1. The van der Waals surface area contributed by atoms with Crippen LogP contribution in [0.4, 0.5) is 0 Å². The van der Waals surface area contributed by atoms with Crippen molar-refractivity contribution in [2.24, 2.45) is 0 Å². The third-order valence-corrected chi connectivity index (χ3v) is 3.40. The molecule has 4 heteroatoms. The van der Waals surface area contributed by atoms with Crippen LogP contribution in [0.3, 0.4) is 0 Å². The number of hydrogen-bond acceptors (Lipinski definition) is 3. The molecule has 0 radical (unpaired) electrons. The van der Waals surface area contributed by atoms with Crippen molar-refractivity contribution in [2.45, 2.75) is 38.1 Å². The van der Waals surface area contributed by atoms with Crippen LogP contribution in [0.1, 0.15) is 32.1 Å². The fourth-order valence-electron chi connectivity index (χ4n) is 1.36. The molecular formula is C11H21NO2S. The van der Waals surface area contributed by atoms with Gasteiger partial charge in [0.1, 0.15) is 9.84 Å². The van der Waals surface area contributed by atoms with Crippen molar-refractivity contribution in [1.29, 1.82) is 0 Å². The van der Waals surface area contributed by atoms with Crippen molar-refractivity contribution in [2.75, 3.05) is 18.6 Å². The summed E-state index contributed by atoms with van der Waals surface area (Å²) in [6, 6.07) is 0.781. The zero-order valence-corrected chi connectivity index (χ0v) is 10.2. The molecule has 0 unspecified atom stereocenters. The van der Waals surface area contributed by atoms with Crippen molar-refractivity contribution in [1.82, 2.24) is 5.32 Å². The zero-order chi connectivity index (χ0) is 11.1. The summed E-state index contributed by atoms with van der Waals surface area (Å²) in [6.07, 6.45) is 10.8. The fraction of sp³-hybridized carbons (Fsp3) is 0.818. The molecule has 0 aromatic rings. The maximum atomic E-state index is 10.8. The number of allylic oxidation sites excluding steroid dienone is 1. The van der Waals surface area contributed by atoms with Gasteiger partial charge in [0.15, 0.2) is 0 Å². The van der Waals surface area contributed by atoms with Gasteiger partial charge in [0, 0.05) is 12.3 Å². The number of sulfone groups is 1. The van der Waals surface area contributed by atoms with E-state index in [2.05, 4.69) is 17.5 Å². The van der Waals surface area contributed by atoms with Crippen molar-refractivity contribution in [3.05, 3.63) is 12.2 Å². The molecule has 3 nitrogen and oxygen atoms in total. The molecule has 0 amide bonds. The van der Waals surface area contributed by atoms with Gasteiger partial charge < -0.3 is 5.32 Å². The van der Waals surface area contributed by atoms with Crippen molar-refractivity contribution in [3.8, 4) is 0 Å². The van der Waals surface area contributed by atoms with Gasteiger partial charge in [-0.05, 0) is 38.6 Å². The molecule has 0 atom stereocenters. The van der Waals surface area contributed by atoms with Gasteiger partial charge in [-0.2, -0.15) is 0 Å². The molecule has 0 aromatic carbocycles. The van der Waals surface area contributed by atoms with Gasteiger partial charge in [-0.1, -0.05) is 12.2 Å². The first-order valence-electron chi connectivity index (χ1n) is 5.64. The lowest BCUT2D eigenvalue weighted by Gasteiger charge is -1.97. The summed E-state index contributed by atoms with van der Waals surface area (Å²) < 4.78 is 21.6. The highest BCUT2D eigenvalue weighted by Crippen LogP contribution is 2.18. The van der Waals surface area contributed by atoms with E-state index in [1.807, 2.05) is 0 Å². The molecule has 1 aliphatic rings. The molecule has 1 saturated carbocycles. The SMILES string of the molecule is CS(=O)(=O)CCCC=CCCNC1CC1. The van der Waals surface area contributed by atoms with Crippen molar-refractivity contribution >= 4 is 9.84 Å². The lowest BCUT2D eigenvalue weighted by molar-refractivity contribution is 0.599. The highest BCUT2D eigenvalue weighted by atomic mass is 32.2. The Hall–Kier alpha value is -0.350. The van der Waals surface area contributed by atoms with Crippen LogP contribution in [0.15, 0.2) is 12.2 Å². The first-order valence-corrected chi connectivity index (χ1v) is 7.70. The Morgan fingerprint density at radius 1 is 1.27 bits per heavy atom. The molecule has 0 heterocycles. The van der Waals surface area contributed by atoms with Gasteiger partial charge in [-0.15, -0.1) is 0 Å². The molecule has 88 valence electrons. The lowest BCUT2D eigenvalue weighted by atomic mass is 10.3. The second-order valence-electron chi connectivity index (χ2n) is 4.26. The van der Waals surface area contributed by atoms with Crippen LogP contribution in [-0.4, -0.2) is 33.0 Å². The smallest absolute Gasteiger partial charge is 0.147 e. The van der Waals surface area contributed by atoms with Gasteiger partial charge in [-0.3, -0.25) is 0 Å². The number of hydrogen-bond donors (Lipinski definition) is 1. The maximum absolute atomic E-state index is 10.8. The average molecular weight is 231 g/mol. The quantitative estimate of drug-likeness (QED) is 0.509. The molecule has 0 spiro atoms. The summed E-state index contributed by atoms with van der Waals surface area (Å²) in [7, 11) is -2.77. The van der Waals surface area contributed by atoms with Gasteiger partial charge >= 0.3 is 0 Å². The van der Waals surface area contributed by atoms with Crippen molar-refractivity contribution in [3.63, 3.8) is 0 Å². The van der Waals surface area contributed by atoms with Crippen LogP contribution in [-0.2, 0) is 9.84 Å². The summed E-state index contributed by atoms with van der Waals surface area (Å²) >= 11 is 0. The molecule has 0 saturated heterocycles. The number of rotatable bonds is 8. The predicted octanol–water partition coefficient (Wildman–Crippen LogP) is 1.51. The normalized spacial score (nSPS) is 17.4. The lowest BCUT2D eigenvalue weighted by Crippen LogP contribution is -2.16. The second-order valence-corrected chi connectivity index (χ2v) is 6.52. The molecule has 1 N–H and O–H groups in total. The van der Waals surface area contributed by atoms with Crippen LogP contribution >= 0.6 is 0 Å². The Morgan fingerprint density at radius 2 is 1.93 bits per heavy atom. The first kappa shape index (κ1) is 12.7. The van der Waals surface area contributed by atoms with Gasteiger partial charge in [-0.25, -0.2) is 8.42 Å². The van der Waals surface area contributed by atoms with Crippen LogP contribution < -0.4 is 5.32 Å². The third kappa shape index (κ3) is 8.63. The largest absolute Gasteiger partial charge is 0.314 e. The topological polar surface area (TPSA) is 46.2 Å². The minimum atomic E-state index is -2.77. The highest BCUT2D eigenvalue weighted by molar-refractivity contribution is 7.90. The molecule has 1 rings (SSSR count). The van der Waals surface area contributed by atoms with Gasteiger partial charge in [0.25, 0.3) is 0 Å². The van der Waals surface area contributed by atoms with E-state index in [4.69, 9.17) is 0 Å². The highest BCUT2D eigenvalue weighted by Gasteiger charge is 2.19. The minimum absolute atomic E-state index is 0.303. The van der Waals surface area contributed by atoms with Crippen LogP contribution in [0.5, 0.6) is 0 Å². The molecule has 0 bridgehead atoms.